The fraction of sp³-hybridized carbons (Fsp3) is 0.133. The van der Waals surface area contributed by atoms with Crippen LogP contribution in [0.4, 0.5) is 11.1 Å². The van der Waals surface area contributed by atoms with Gasteiger partial charge in [0.15, 0.2) is 5.13 Å². The summed E-state index contributed by atoms with van der Waals surface area (Å²) in [5, 5.41) is 8.32. The van der Waals surface area contributed by atoms with E-state index in [9.17, 15) is 4.79 Å². The molecule has 0 aliphatic heterocycles. The number of amides is 1. The van der Waals surface area contributed by atoms with Crippen molar-refractivity contribution in [3.8, 4) is 0 Å². The number of rotatable bonds is 6. The SMILES string of the molecule is O=C(Cc1csc(Nc2ncccn2)n1)NCc1ccccn1. The number of aromatic nitrogens is 4. The monoisotopic (exact) mass is 326 g/mol. The molecule has 0 spiro atoms. The van der Waals surface area contributed by atoms with E-state index in [0.717, 1.165) is 5.69 Å². The molecule has 0 aliphatic carbocycles. The summed E-state index contributed by atoms with van der Waals surface area (Å²) in [6.45, 7) is 0.409. The molecule has 0 unspecified atom stereocenters. The molecule has 0 aliphatic rings. The van der Waals surface area contributed by atoms with Gasteiger partial charge in [0.25, 0.3) is 0 Å². The summed E-state index contributed by atoms with van der Waals surface area (Å²) in [7, 11) is 0. The molecule has 0 radical (unpaired) electrons. The van der Waals surface area contributed by atoms with Crippen LogP contribution in [-0.4, -0.2) is 25.8 Å². The molecule has 8 heteroatoms. The van der Waals surface area contributed by atoms with E-state index in [4.69, 9.17) is 0 Å². The lowest BCUT2D eigenvalue weighted by Crippen LogP contribution is -2.25. The van der Waals surface area contributed by atoms with Crippen LogP contribution in [0.1, 0.15) is 11.4 Å². The van der Waals surface area contributed by atoms with Gasteiger partial charge >= 0.3 is 0 Å². The molecule has 3 heterocycles. The smallest absolute Gasteiger partial charge is 0.228 e. The Morgan fingerprint density at radius 2 is 1.87 bits per heavy atom. The molecule has 0 fully saturated rings. The van der Waals surface area contributed by atoms with Crippen molar-refractivity contribution < 1.29 is 4.79 Å². The maximum absolute atomic E-state index is 11.9. The Labute approximate surface area is 136 Å². The van der Waals surface area contributed by atoms with Crippen LogP contribution in [0.3, 0.4) is 0 Å². The quantitative estimate of drug-likeness (QED) is 0.719. The molecule has 7 nitrogen and oxygen atoms in total. The van der Waals surface area contributed by atoms with Crippen molar-refractivity contribution in [2.24, 2.45) is 0 Å². The number of carbonyl (C=O) groups is 1. The molecule has 0 atom stereocenters. The lowest BCUT2D eigenvalue weighted by molar-refractivity contribution is -0.120. The third kappa shape index (κ3) is 4.55. The van der Waals surface area contributed by atoms with E-state index in [1.807, 2.05) is 23.6 Å². The average molecular weight is 326 g/mol. The van der Waals surface area contributed by atoms with Gasteiger partial charge in [-0.25, -0.2) is 15.0 Å². The molecule has 1 amide bonds. The van der Waals surface area contributed by atoms with E-state index in [2.05, 4.69) is 30.6 Å². The van der Waals surface area contributed by atoms with Crippen molar-refractivity contribution >= 4 is 28.3 Å². The number of carbonyl (C=O) groups excluding carboxylic acids is 1. The second kappa shape index (κ2) is 7.41. The van der Waals surface area contributed by atoms with Crippen molar-refractivity contribution in [2.45, 2.75) is 13.0 Å². The van der Waals surface area contributed by atoms with Gasteiger partial charge in [-0.2, -0.15) is 0 Å². The molecule has 3 aromatic heterocycles. The first-order valence-electron chi connectivity index (χ1n) is 6.94. The second-order valence-electron chi connectivity index (χ2n) is 4.62. The van der Waals surface area contributed by atoms with E-state index in [0.29, 0.717) is 23.3 Å². The third-order valence-electron chi connectivity index (χ3n) is 2.87. The molecule has 3 aromatic rings. The van der Waals surface area contributed by atoms with Gasteiger partial charge in [0.05, 0.1) is 24.4 Å². The normalized spacial score (nSPS) is 10.3. The van der Waals surface area contributed by atoms with Gasteiger partial charge in [0.2, 0.25) is 11.9 Å². The van der Waals surface area contributed by atoms with Crippen LogP contribution in [0, 0.1) is 0 Å². The predicted octanol–water partition coefficient (Wildman–Crippen LogP) is 1.93. The minimum absolute atomic E-state index is 0.0940. The number of anilines is 2. The van der Waals surface area contributed by atoms with Crippen LogP contribution in [0.25, 0.3) is 0 Å². The first-order valence-corrected chi connectivity index (χ1v) is 7.82. The maximum Gasteiger partial charge on any atom is 0.228 e. The highest BCUT2D eigenvalue weighted by atomic mass is 32.1. The van der Waals surface area contributed by atoms with Gasteiger partial charge in [-0.05, 0) is 18.2 Å². The van der Waals surface area contributed by atoms with Gasteiger partial charge in [-0.1, -0.05) is 6.07 Å². The number of hydrogen-bond acceptors (Lipinski definition) is 7. The number of thiazole rings is 1. The van der Waals surface area contributed by atoms with E-state index < -0.39 is 0 Å². The number of pyridine rings is 1. The summed E-state index contributed by atoms with van der Waals surface area (Å²) >= 11 is 1.41. The first-order chi connectivity index (χ1) is 11.3. The molecule has 0 saturated heterocycles. The van der Waals surface area contributed by atoms with Crippen molar-refractivity contribution in [2.75, 3.05) is 5.32 Å². The fourth-order valence-corrected chi connectivity index (χ4v) is 2.53. The van der Waals surface area contributed by atoms with E-state index in [-0.39, 0.29) is 12.3 Å². The topological polar surface area (TPSA) is 92.7 Å². The summed E-state index contributed by atoms with van der Waals surface area (Å²) in [5.74, 6) is 0.386. The molecule has 0 bridgehead atoms. The second-order valence-corrected chi connectivity index (χ2v) is 5.47. The van der Waals surface area contributed by atoms with Crippen LogP contribution >= 0.6 is 11.3 Å². The highest BCUT2D eigenvalue weighted by Crippen LogP contribution is 2.18. The summed E-state index contributed by atoms with van der Waals surface area (Å²) in [6, 6.07) is 7.33. The average Bonchev–Trinajstić information content (AvgIpc) is 3.02. The van der Waals surface area contributed by atoms with Gasteiger partial charge in [0, 0.05) is 24.0 Å². The molecule has 3 rings (SSSR count). The van der Waals surface area contributed by atoms with Crippen LogP contribution in [0.15, 0.2) is 48.2 Å². The fourth-order valence-electron chi connectivity index (χ4n) is 1.82. The van der Waals surface area contributed by atoms with Crippen LogP contribution in [-0.2, 0) is 17.8 Å². The molecule has 0 aromatic carbocycles. The number of hydrogen-bond donors (Lipinski definition) is 2. The van der Waals surface area contributed by atoms with Gasteiger partial charge in [-0.3, -0.25) is 9.78 Å². The van der Waals surface area contributed by atoms with Crippen molar-refractivity contribution in [3.05, 3.63) is 59.6 Å². The van der Waals surface area contributed by atoms with Crippen LogP contribution in [0.2, 0.25) is 0 Å². The molecule has 116 valence electrons. The molecular weight excluding hydrogens is 312 g/mol. The summed E-state index contributed by atoms with van der Waals surface area (Å²) in [4.78, 5) is 28.6. The molecule has 23 heavy (non-hydrogen) atoms. The van der Waals surface area contributed by atoms with Crippen LogP contribution in [0.5, 0.6) is 0 Å². The minimum atomic E-state index is -0.0940. The lowest BCUT2D eigenvalue weighted by atomic mass is 10.3. The zero-order valence-electron chi connectivity index (χ0n) is 12.1. The predicted molar refractivity (Wildman–Crippen MR) is 87.2 cm³/mol. The molecule has 2 N–H and O–H groups in total. The van der Waals surface area contributed by atoms with E-state index >= 15 is 0 Å². The number of nitrogens with zero attached hydrogens (tertiary/aromatic N) is 4. The van der Waals surface area contributed by atoms with Crippen LogP contribution < -0.4 is 10.6 Å². The Hall–Kier alpha value is -2.87. The molecule has 0 saturated carbocycles. The Morgan fingerprint density at radius 1 is 1.04 bits per heavy atom. The van der Waals surface area contributed by atoms with E-state index in [1.54, 1.807) is 24.7 Å². The van der Waals surface area contributed by atoms with Crippen molar-refractivity contribution in [1.82, 2.24) is 25.3 Å². The van der Waals surface area contributed by atoms with Gasteiger partial charge in [0.1, 0.15) is 0 Å². The summed E-state index contributed by atoms with van der Waals surface area (Å²) < 4.78 is 0. The Morgan fingerprint density at radius 3 is 2.65 bits per heavy atom. The van der Waals surface area contributed by atoms with Gasteiger partial charge in [-0.15, -0.1) is 11.3 Å². The first kappa shape index (κ1) is 15.0. The standard InChI is InChI=1S/C15H14N6OS/c22-13(19-9-11-4-1-2-5-16-11)8-12-10-23-15(20-12)21-14-17-6-3-7-18-14/h1-7,10H,8-9H2,(H,19,22)(H,17,18,20,21). The zero-order chi connectivity index (χ0) is 15.9. The molecular formula is C15H14N6OS. The highest BCUT2D eigenvalue weighted by Gasteiger charge is 2.08. The Balaban J connectivity index is 1.51. The highest BCUT2D eigenvalue weighted by molar-refractivity contribution is 7.13. The Bertz CT molecular complexity index is 762. The lowest BCUT2D eigenvalue weighted by Gasteiger charge is -2.03. The zero-order valence-corrected chi connectivity index (χ0v) is 13.0. The summed E-state index contributed by atoms with van der Waals surface area (Å²) in [5.41, 5.74) is 1.52. The maximum atomic E-state index is 11.9. The van der Waals surface area contributed by atoms with E-state index in [1.165, 1.54) is 11.3 Å². The summed E-state index contributed by atoms with van der Waals surface area (Å²) in [6.07, 6.45) is 5.22. The Kier molecular flexibility index (Phi) is 4.85. The third-order valence-corrected chi connectivity index (χ3v) is 3.68. The van der Waals surface area contributed by atoms with Crippen molar-refractivity contribution in [1.29, 1.82) is 0 Å². The van der Waals surface area contributed by atoms with Crippen molar-refractivity contribution in [3.63, 3.8) is 0 Å². The minimum Gasteiger partial charge on any atom is -0.350 e. The van der Waals surface area contributed by atoms with Gasteiger partial charge < -0.3 is 10.6 Å². The number of nitrogens with one attached hydrogen (secondary N) is 2. The largest absolute Gasteiger partial charge is 0.350 e.